The summed E-state index contributed by atoms with van der Waals surface area (Å²) < 4.78 is 11.3. The number of nitrogens with one attached hydrogen (secondary N) is 1. The number of nitrogens with zero attached hydrogens (tertiary/aromatic N) is 2. The highest BCUT2D eigenvalue weighted by atomic mass is 35.5. The zero-order valence-corrected chi connectivity index (χ0v) is 20.4. The Bertz CT molecular complexity index is 978. The molecule has 1 saturated heterocycles. The molecule has 9 heteroatoms. The fourth-order valence-electron chi connectivity index (χ4n) is 3.60. The number of piperidine rings is 1. The second kappa shape index (κ2) is 11.1. The smallest absolute Gasteiger partial charge is 0.411 e. The van der Waals surface area contributed by atoms with Gasteiger partial charge in [-0.15, -0.1) is 0 Å². The van der Waals surface area contributed by atoms with Crippen molar-refractivity contribution >= 4 is 34.6 Å². The van der Waals surface area contributed by atoms with E-state index in [2.05, 4.69) is 17.4 Å². The lowest BCUT2D eigenvalue weighted by Crippen LogP contribution is -2.57. The number of hydrogen-bond donors (Lipinski definition) is 1. The van der Waals surface area contributed by atoms with Gasteiger partial charge < -0.3 is 14.3 Å². The Morgan fingerprint density at radius 2 is 2.03 bits per heavy atom. The van der Waals surface area contributed by atoms with Crippen LogP contribution >= 0.6 is 11.6 Å². The highest BCUT2D eigenvalue weighted by molar-refractivity contribution is 6.35. The number of rotatable bonds is 7. The molecule has 1 aliphatic heterocycles. The Labute approximate surface area is 199 Å². The summed E-state index contributed by atoms with van der Waals surface area (Å²) in [5.41, 5.74) is 2.81. The molecule has 0 bridgehead atoms. The van der Waals surface area contributed by atoms with Crippen LogP contribution in [0.2, 0.25) is 5.02 Å². The van der Waals surface area contributed by atoms with E-state index in [0.717, 1.165) is 12.8 Å². The number of fused-ring (bicyclic) bond motifs is 1. The van der Waals surface area contributed by atoms with Crippen LogP contribution in [0.25, 0.3) is 10.9 Å². The quantitative estimate of drug-likeness (QED) is 0.263. The molecule has 2 atom stereocenters. The molecule has 0 spiro atoms. The first kappa shape index (κ1) is 25.2. The number of aromatic nitrogens is 1. The van der Waals surface area contributed by atoms with Crippen LogP contribution in [-0.4, -0.2) is 52.8 Å². The lowest BCUT2D eigenvalue weighted by Gasteiger charge is -2.38. The SMILES string of the molecule is CCCCON[C@@H]1CC[C@@H](C(=O)Oc2ccc(Cl)c3cccnc23)N(C(=O)OC(C)(C)C)C1. The molecular formula is C24H32ClN3O5. The summed E-state index contributed by atoms with van der Waals surface area (Å²) in [6.45, 7) is 8.30. The second-order valence-electron chi connectivity index (χ2n) is 9.11. The minimum absolute atomic E-state index is 0.114. The number of carbonyl (C=O) groups excluding carboxylic acids is 2. The average Bonchev–Trinajstić information content (AvgIpc) is 2.77. The molecule has 2 heterocycles. The van der Waals surface area contributed by atoms with Gasteiger partial charge >= 0.3 is 12.1 Å². The van der Waals surface area contributed by atoms with Crippen LogP contribution in [0.4, 0.5) is 4.79 Å². The Balaban J connectivity index is 1.77. The molecule has 3 rings (SSSR count). The number of amides is 1. The highest BCUT2D eigenvalue weighted by Gasteiger charge is 2.39. The third kappa shape index (κ3) is 6.79. The van der Waals surface area contributed by atoms with E-state index in [1.54, 1.807) is 45.2 Å². The van der Waals surface area contributed by atoms with E-state index in [0.29, 0.717) is 41.1 Å². The summed E-state index contributed by atoms with van der Waals surface area (Å²) in [7, 11) is 0. The largest absolute Gasteiger partial charge is 0.444 e. The number of halogens is 1. The van der Waals surface area contributed by atoms with Crippen LogP contribution in [0.3, 0.4) is 0 Å². The first-order chi connectivity index (χ1) is 15.7. The predicted molar refractivity (Wildman–Crippen MR) is 126 cm³/mol. The fourth-order valence-corrected chi connectivity index (χ4v) is 3.81. The third-order valence-corrected chi connectivity index (χ3v) is 5.55. The van der Waals surface area contributed by atoms with Gasteiger partial charge in [0.25, 0.3) is 0 Å². The van der Waals surface area contributed by atoms with Crippen LogP contribution < -0.4 is 10.2 Å². The van der Waals surface area contributed by atoms with Crippen molar-refractivity contribution in [3.8, 4) is 5.75 Å². The molecule has 0 aliphatic carbocycles. The normalized spacial score (nSPS) is 18.9. The number of benzene rings is 1. The molecule has 2 aromatic rings. The van der Waals surface area contributed by atoms with E-state index in [-0.39, 0.29) is 12.6 Å². The standard InChI is InChI=1S/C24H32ClN3O5/c1-5-6-14-31-27-16-9-11-19(28(15-16)23(30)33-24(2,3)4)22(29)32-20-12-10-18(25)17-8-7-13-26-21(17)20/h7-8,10,12-13,16,19,27H,5-6,9,11,14-15H2,1-4H3/t16-,19+/m1/s1. The minimum atomic E-state index is -0.789. The van der Waals surface area contributed by atoms with E-state index in [9.17, 15) is 9.59 Å². The number of hydroxylamine groups is 1. The van der Waals surface area contributed by atoms with Gasteiger partial charge in [0.1, 0.15) is 17.2 Å². The van der Waals surface area contributed by atoms with Gasteiger partial charge in [-0.3, -0.25) is 9.88 Å². The maximum absolute atomic E-state index is 13.2. The van der Waals surface area contributed by atoms with Gasteiger partial charge in [-0.25, -0.2) is 9.59 Å². The van der Waals surface area contributed by atoms with Gasteiger partial charge in [0.05, 0.1) is 17.7 Å². The number of esters is 1. The molecule has 1 amide bonds. The Morgan fingerprint density at radius 3 is 2.76 bits per heavy atom. The molecular weight excluding hydrogens is 446 g/mol. The van der Waals surface area contributed by atoms with Gasteiger partial charge in [-0.1, -0.05) is 24.9 Å². The molecule has 33 heavy (non-hydrogen) atoms. The summed E-state index contributed by atoms with van der Waals surface area (Å²) in [6.07, 6.45) is 4.06. The highest BCUT2D eigenvalue weighted by Crippen LogP contribution is 2.31. The van der Waals surface area contributed by atoms with Crippen molar-refractivity contribution in [2.75, 3.05) is 13.2 Å². The van der Waals surface area contributed by atoms with Crippen molar-refractivity contribution in [3.63, 3.8) is 0 Å². The summed E-state index contributed by atoms with van der Waals surface area (Å²) >= 11 is 6.25. The molecule has 1 N–H and O–H groups in total. The lowest BCUT2D eigenvalue weighted by molar-refractivity contribution is -0.142. The number of ether oxygens (including phenoxy) is 2. The van der Waals surface area contributed by atoms with Gasteiger partial charge in [-0.05, 0) is 64.3 Å². The zero-order chi connectivity index (χ0) is 24.0. The van der Waals surface area contributed by atoms with Crippen LogP contribution in [0.15, 0.2) is 30.5 Å². The fraction of sp³-hybridized carbons (Fsp3) is 0.542. The Morgan fingerprint density at radius 1 is 1.24 bits per heavy atom. The number of likely N-dealkylation sites (tertiary alicyclic amines) is 1. The number of unbranched alkanes of at least 4 members (excludes halogenated alkanes) is 1. The zero-order valence-electron chi connectivity index (χ0n) is 19.6. The first-order valence-electron chi connectivity index (χ1n) is 11.3. The molecule has 1 aromatic carbocycles. The lowest BCUT2D eigenvalue weighted by atomic mass is 9.99. The summed E-state index contributed by atoms with van der Waals surface area (Å²) in [6, 6.07) is 5.95. The van der Waals surface area contributed by atoms with E-state index in [1.165, 1.54) is 4.90 Å². The Hall–Kier alpha value is -2.42. The first-order valence-corrected chi connectivity index (χ1v) is 11.7. The molecule has 0 radical (unpaired) electrons. The van der Waals surface area contributed by atoms with E-state index >= 15 is 0 Å². The van der Waals surface area contributed by atoms with E-state index in [4.69, 9.17) is 25.9 Å². The van der Waals surface area contributed by atoms with E-state index < -0.39 is 23.7 Å². The van der Waals surface area contributed by atoms with E-state index in [1.807, 2.05) is 6.07 Å². The average molecular weight is 478 g/mol. The maximum Gasteiger partial charge on any atom is 0.411 e. The van der Waals surface area contributed by atoms with Crippen LogP contribution in [0.5, 0.6) is 5.75 Å². The van der Waals surface area contributed by atoms with Crippen molar-refractivity contribution in [1.82, 2.24) is 15.4 Å². The monoisotopic (exact) mass is 477 g/mol. The molecule has 0 unspecified atom stereocenters. The van der Waals surface area contributed by atoms with Crippen molar-refractivity contribution in [2.24, 2.45) is 0 Å². The number of hydrogen-bond acceptors (Lipinski definition) is 7. The van der Waals surface area contributed by atoms with Crippen molar-refractivity contribution < 1.29 is 23.9 Å². The topological polar surface area (TPSA) is 90.0 Å². The van der Waals surface area contributed by atoms with Gasteiger partial charge in [0.2, 0.25) is 0 Å². The second-order valence-corrected chi connectivity index (χ2v) is 9.52. The van der Waals surface area contributed by atoms with Gasteiger partial charge in [0, 0.05) is 18.1 Å². The van der Waals surface area contributed by atoms with Gasteiger partial charge in [0.15, 0.2) is 5.75 Å². The molecule has 0 saturated carbocycles. The molecule has 1 aliphatic rings. The van der Waals surface area contributed by atoms with Crippen LogP contribution in [0, 0.1) is 0 Å². The summed E-state index contributed by atoms with van der Waals surface area (Å²) in [4.78, 5) is 37.4. The van der Waals surface area contributed by atoms with Crippen LogP contribution in [0.1, 0.15) is 53.4 Å². The molecule has 1 aromatic heterocycles. The van der Waals surface area contributed by atoms with Crippen LogP contribution in [-0.2, 0) is 14.4 Å². The summed E-state index contributed by atoms with van der Waals surface area (Å²) in [5, 5.41) is 1.20. The van der Waals surface area contributed by atoms with Gasteiger partial charge in [-0.2, -0.15) is 5.48 Å². The van der Waals surface area contributed by atoms with Crippen molar-refractivity contribution in [3.05, 3.63) is 35.5 Å². The molecule has 8 nitrogen and oxygen atoms in total. The predicted octanol–water partition coefficient (Wildman–Crippen LogP) is 4.88. The maximum atomic E-state index is 13.2. The molecule has 180 valence electrons. The third-order valence-electron chi connectivity index (χ3n) is 5.22. The minimum Gasteiger partial charge on any atom is -0.444 e. The number of carbonyl (C=O) groups is 2. The Kier molecular flexibility index (Phi) is 8.51. The number of pyridine rings is 1. The molecule has 1 fully saturated rings. The van der Waals surface area contributed by atoms with Crippen molar-refractivity contribution in [1.29, 1.82) is 0 Å². The summed E-state index contributed by atoms with van der Waals surface area (Å²) in [5.74, 6) is -0.243. The van der Waals surface area contributed by atoms with Crippen molar-refractivity contribution in [2.45, 2.75) is 71.1 Å².